The summed E-state index contributed by atoms with van der Waals surface area (Å²) in [5.74, 6) is 1.37. The molecular weight excluding hydrogens is 252 g/mol. The van der Waals surface area contributed by atoms with Gasteiger partial charge in [0.1, 0.15) is 11.8 Å². The van der Waals surface area contributed by atoms with Crippen molar-refractivity contribution in [2.24, 2.45) is 5.92 Å². The third kappa shape index (κ3) is 4.52. The molecule has 0 saturated carbocycles. The minimum absolute atomic E-state index is 0.0921. The van der Waals surface area contributed by atoms with Crippen molar-refractivity contribution in [2.75, 3.05) is 26.4 Å². The van der Waals surface area contributed by atoms with Gasteiger partial charge >= 0.3 is 0 Å². The zero-order valence-electron chi connectivity index (χ0n) is 12.0. The van der Waals surface area contributed by atoms with E-state index in [1.54, 1.807) is 0 Å². The molecule has 108 valence electrons. The highest BCUT2D eigenvalue weighted by atomic mass is 16.5. The van der Waals surface area contributed by atoms with Crippen LogP contribution in [0.3, 0.4) is 0 Å². The number of hydrogen-bond donors (Lipinski definition) is 1. The van der Waals surface area contributed by atoms with Crippen molar-refractivity contribution in [3.63, 3.8) is 0 Å². The van der Waals surface area contributed by atoms with Crippen LogP contribution in [0.2, 0.25) is 0 Å². The average Bonchev–Trinajstić information content (AvgIpc) is 2.52. The number of benzene rings is 1. The molecule has 4 nitrogen and oxygen atoms in total. The van der Waals surface area contributed by atoms with E-state index in [1.165, 1.54) is 18.4 Å². The van der Waals surface area contributed by atoms with Gasteiger partial charge in [-0.25, -0.2) is 0 Å². The van der Waals surface area contributed by atoms with Crippen LogP contribution in [0.25, 0.3) is 0 Å². The molecule has 0 radical (unpaired) electrons. The van der Waals surface area contributed by atoms with Crippen molar-refractivity contribution in [3.05, 3.63) is 29.8 Å². The quantitative estimate of drug-likeness (QED) is 0.866. The van der Waals surface area contributed by atoms with Crippen molar-refractivity contribution in [1.82, 2.24) is 5.32 Å². The van der Waals surface area contributed by atoms with Gasteiger partial charge in [0.2, 0.25) is 0 Å². The van der Waals surface area contributed by atoms with E-state index in [4.69, 9.17) is 14.7 Å². The molecule has 2 rings (SSSR count). The predicted octanol–water partition coefficient (Wildman–Crippen LogP) is 2.67. The molecular formula is C16H22N2O2. The molecule has 0 bridgehead atoms. The average molecular weight is 274 g/mol. The molecule has 1 aromatic rings. The Morgan fingerprint density at radius 1 is 1.45 bits per heavy atom. The second kappa shape index (κ2) is 7.88. The van der Waals surface area contributed by atoms with Crippen LogP contribution in [0.1, 0.15) is 31.4 Å². The van der Waals surface area contributed by atoms with E-state index in [-0.39, 0.29) is 6.61 Å². The SMILES string of the molecule is CC(NCC1CCCOC1)c1ccc(OCC#N)cc1. The molecule has 1 saturated heterocycles. The van der Waals surface area contributed by atoms with Crippen molar-refractivity contribution in [2.45, 2.75) is 25.8 Å². The highest BCUT2D eigenvalue weighted by Gasteiger charge is 2.15. The summed E-state index contributed by atoms with van der Waals surface area (Å²) in [7, 11) is 0. The number of nitrogens with zero attached hydrogens (tertiary/aromatic N) is 1. The van der Waals surface area contributed by atoms with Gasteiger partial charge in [0.15, 0.2) is 6.61 Å². The maximum Gasteiger partial charge on any atom is 0.174 e. The summed E-state index contributed by atoms with van der Waals surface area (Å²) in [5.41, 5.74) is 1.23. The maximum atomic E-state index is 8.47. The molecule has 2 unspecified atom stereocenters. The summed E-state index contributed by atoms with van der Waals surface area (Å²) in [6.45, 7) is 5.04. The van der Waals surface area contributed by atoms with Crippen LogP contribution < -0.4 is 10.1 Å². The second-order valence-corrected chi connectivity index (χ2v) is 5.23. The molecule has 20 heavy (non-hydrogen) atoms. The van der Waals surface area contributed by atoms with E-state index in [0.29, 0.717) is 12.0 Å². The van der Waals surface area contributed by atoms with E-state index in [9.17, 15) is 0 Å². The van der Waals surface area contributed by atoms with Crippen LogP contribution >= 0.6 is 0 Å². The Morgan fingerprint density at radius 2 is 2.25 bits per heavy atom. The fourth-order valence-electron chi connectivity index (χ4n) is 2.40. The van der Waals surface area contributed by atoms with Crippen molar-refractivity contribution >= 4 is 0 Å². The first kappa shape index (κ1) is 14.8. The number of nitrogens with one attached hydrogen (secondary N) is 1. The van der Waals surface area contributed by atoms with Crippen molar-refractivity contribution in [3.8, 4) is 11.8 Å². The molecule has 1 fully saturated rings. The Balaban J connectivity index is 1.79. The molecule has 1 heterocycles. The number of ether oxygens (including phenoxy) is 2. The van der Waals surface area contributed by atoms with E-state index < -0.39 is 0 Å². The topological polar surface area (TPSA) is 54.3 Å². The fourth-order valence-corrected chi connectivity index (χ4v) is 2.40. The third-order valence-electron chi connectivity index (χ3n) is 3.65. The minimum Gasteiger partial charge on any atom is -0.479 e. The number of rotatable bonds is 6. The Labute approximate surface area is 120 Å². The summed E-state index contributed by atoms with van der Waals surface area (Å²) in [4.78, 5) is 0. The van der Waals surface area contributed by atoms with Gasteiger partial charge in [-0.05, 0) is 43.4 Å². The van der Waals surface area contributed by atoms with Gasteiger partial charge in [0, 0.05) is 19.2 Å². The molecule has 0 aliphatic carbocycles. The zero-order chi connectivity index (χ0) is 14.2. The van der Waals surface area contributed by atoms with Gasteiger partial charge in [-0.3, -0.25) is 0 Å². The summed E-state index contributed by atoms with van der Waals surface area (Å²) < 4.78 is 10.7. The molecule has 1 N–H and O–H groups in total. The molecule has 0 aromatic heterocycles. The summed E-state index contributed by atoms with van der Waals surface area (Å²) >= 11 is 0. The summed E-state index contributed by atoms with van der Waals surface area (Å²) in [6.07, 6.45) is 2.42. The Morgan fingerprint density at radius 3 is 2.90 bits per heavy atom. The van der Waals surface area contributed by atoms with E-state index in [1.807, 2.05) is 30.3 Å². The normalized spacial score (nSPS) is 20.1. The van der Waals surface area contributed by atoms with Gasteiger partial charge in [-0.15, -0.1) is 0 Å². The lowest BCUT2D eigenvalue weighted by molar-refractivity contribution is 0.0540. The first-order valence-electron chi connectivity index (χ1n) is 7.20. The van der Waals surface area contributed by atoms with E-state index in [0.717, 1.165) is 25.5 Å². The molecule has 0 spiro atoms. The van der Waals surface area contributed by atoms with Crippen molar-refractivity contribution in [1.29, 1.82) is 5.26 Å². The molecule has 2 atom stereocenters. The lowest BCUT2D eigenvalue weighted by Crippen LogP contribution is -2.30. The standard InChI is InChI=1S/C16H22N2O2/c1-13(18-11-14-3-2-9-19-12-14)15-4-6-16(7-5-15)20-10-8-17/h4-7,13-14,18H,2-3,9-12H2,1H3. The van der Waals surface area contributed by atoms with Crippen LogP contribution in [-0.2, 0) is 4.74 Å². The van der Waals surface area contributed by atoms with Gasteiger partial charge in [-0.1, -0.05) is 12.1 Å². The highest BCUT2D eigenvalue weighted by Crippen LogP contribution is 2.19. The molecule has 1 aliphatic heterocycles. The number of nitriles is 1. The van der Waals surface area contributed by atoms with E-state index >= 15 is 0 Å². The van der Waals surface area contributed by atoms with Gasteiger partial charge in [-0.2, -0.15) is 5.26 Å². The first-order chi connectivity index (χ1) is 9.79. The third-order valence-corrected chi connectivity index (χ3v) is 3.65. The van der Waals surface area contributed by atoms with Crippen molar-refractivity contribution < 1.29 is 9.47 Å². The lowest BCUT2D eigenvalue weighted by Gasteiger charge is -2.24. The lowest BCUT2D eigenvalue weighted by atomic mass is 10.0. The molecule has 0 amide bonds. The van der Waals surface area contributed by atoms with Gasteiger partial charge < -0.3 is 14.8 Å². The predicted molar refractivity (Wildman–Crippen MR) is 77.5 cm³/mol. The van der Waals surface area contributed by atoms with E-state index in [2.05, 4.69) is 12.2 Å². The van der Waals surface area contributed by atoms with Crippen LogP contribution in [-0.4, -0.2) is 26.4 Å². The number of hydrogen-bond acceptors (Lipinski definition) is 4. The first-order valence-corrected chi connectivity index (χ1v) is 7.20. The molecule has 4 heteroatoms. The minimum atomic E-state index is 0.0921. The van der Waals surface area contributed by atoms with Crippen LogP contribution in [0.4, 0.5) is 0 Å². The largest absolute Gasteiger partial charge is 0.479 e. The molecule has 1 aromatic carbocycles. The fraction of sp³-hybridized carbons (Fsp3) is 0.562. The second-order valence-electron chi connectivity index (χ2n) is 5.23. The van der Waals surface area contributed by atoms with Crippen LogP contribution in [0.5, 0.6) is 5.75 Å². The Hall–Kier alpha value is -1.57. The maximum absolute atomic E-state index is 8.47. The van der Waals surface area contributed by atoms with Crippen LogP contribution in [0, 0.1) is 17.2 Å². The zero-order valence-corrected chi connectivity index (χ0v) is 12.0. The van der Waals surface area contributed by atoms with Gasteiger partial charge in [0.05, 0.1) is 6.61 Å². The highest BCUT2D eigenvalue weighted by molar-refractivity contribution is 5.29. The summed E-state index contributed by atoms with van der Waals surface area (Å²) in [6, 6.07) is 10.2. The Bertz CT molecular complexity index is 433. The summed E-state index contributed by atoms with van der Waals surface area (Å²) in [5, 5.41) is 12.0. The smallest absolute Gasteiger partial charge is 0.174 e. The monoisotopic (exact) mass is 274 g/mol. The molecule has 1 aliphatic rings. The van der Waals surface area contributed by atoms with Gasteiger partial charge in [0.25, 0.3) is 0 Å². The Kier molecular flexibility index (Phi) is 5.85. The van der Waals surface area contributed by atoms with Crippen LogP contribution in [0.15, 0.2) is 24.3 Å².